The third-order valence-electron chi connectivity index (χ3n) is 5.82. The summed E-state index contributed by atoms with van der Waals surface area (Å²) in [6.45, 7) is 0.440. The van der Waals surface area contributed by atoms with Crippen molar-refractivity contribution >= 4 is 41.4 Å². The minimum absolute atomic E-state index is 0.00978. The number of hydrogen-bond acceptors (Lipinski definition) is 9. The van der Waals surface area contributed by atoms with Gasteiger partial charge in [0.15, 0.2) is 0 Å². The summed E-state index contributed by atoms with van der Waals surface area (Å²) in [7, 11) is 0. The fraction of sp³-hybridized carbons (Fsp3) is 0.560. The van der Waals surface area contributed by atoms with E-state index in [1.807, 2.05) is 0 Å². The molecule has 1 rings (SSSR count). The number of aromatic hydroxyl groups is 1. The Morgan fingerprint density at radius 2 is 1.41 bits per heavy atom. The van der Waals surface area contributed by atoms with Crippen LogP contribution in [0.15, 0.2) is 24.3 Å². The van der Waals surface area contributed by atoms with Crippen molar-refractivity contribution in [3.05, 3.63) is 29.8 Å². The highest BCUT2D eigenvalue weighted by Crippen LogP contribution is 2.12. The summed E-state index contributed by atoms with van der Waals surface area (Å²) < 4.78 is 0. The molecule has 0 aliphatic carbocycles. The zero-order chi connectivity index (χ0) is 29.4. The Hall–Kier alpha value is -3.36. The fourth-order valence-corrected chi connectivity index (χ4v) is 4.04. The molecule has 3 amide bonds. The summed E-state index contributed by atoms with van der Waals surface area (Å²) in [5, 5.41) is 35.6. The first-order valence-corrected chi connectivity index (χ1v) is 14.0. The lowest BCUT2D eigenvalue weighted by Gasteiger charge is -2.25. The van der Waals surface area contributed by atoms with Gasteiger partial charge in [-0.2, -0.15) is 11.8 Å². The molecule has 4 unspecified atom stereocenters. The van der Waals surface area contributed by atoms with Crippen molar-refractivity contribution in [1.29, 1.82) is 0 Å². The molecular weight excluding hydrogens is 530 g/mol. The molecule has 1 aromatic rings. The Balaban J connectivity index is 2.98. The molecule has 0 heterocycles. The monoisotopic (exact) mass is 569 g/mol. The Morgan fingerprint density at radius 1 is 0.846 bits per heavy atom. The molecule has 0 spiro atoms. The van der Waals surface area contributed by atoms with Crippen LogP contribution < -0.4 is 27.4 Å². The molecule has 13 nitrogen and oxygen atoms in total. The SMILES string of the molecule is CSCCC(NC(=O)C(CCC(=O)O)NC(=O)C(N)CCCCN)C(=O)NC(Cc1ccc(O)cc1)C(=O)O. The molecule has 0 saturated carbocycles. The summed E-state index contributed by atoms with van der Waals surface area (Å²) in [6.07, 6.45) is 2.82. The van der Waals surface area contributed by atoms with E-state index < -0.39 is 60.2 Å². The second-order valence-corrected chi connectivity index (χ2v) is 9.98. The molecule has 0 radical (unpaired) electrons. The molecule has 0 aliphatic rings. The third kappa shape index (κ3) is 13.3. The number of carboxylic acids is 2. The molecule has 0 bridgehead atoms. The first-order chi connectivity index (χ1) is 18.5. The number of nitrogens with two attached hydrogens (primary N) is 2. The van der Waals surface area contributed by atoms with Gasteiger partial charge >= 0.3 is 11.9 Å². The van der Waals surface area contributed by atoms with Gasteiger partial charge in [0.05, 0.1) is 6.04 Å². The van der Waals surface area contributed by atoms with Crippen molar-refractivity contribution in [2.75, 3.05) is 18.6 Å². The van der Waals surface area contributed by atoms with E-state index in [2.05, 4.69) is 16.0 Å². The molecule has 218 valence electrons. The minimum Gasteiger partial charge on any atom is -0.508 e. The Morgan fingerprint density at radius 3 is 1.95 bits per heavy atom. The van der Waals surface area contributed by atoms with Gasteiger partial charge in [0.2, 0.25) is 17.7 Å². The average Bonchev–Trinajstić information content (AvgIpc) is 2.89. The second-order valence-electron chi connectivity index (χ2n) is 9.00. The standard InChI is InChI=1S/C25H39N5O8S/c1-39-13-11-19(24(36)30-20(25(37)38)14-15-5-7-16(31)8-6-15)29-23(35)18(9-10-21(32)33)28-22(34)17(27)4-2-3-12-26/h5-8,17-20,31H,2-4,9-14,26-27H2,1H3,(H,28,34)(H,29,35)(H,30,36)(H,32,33)(H,37,38). The maximum Gasteiger partial charge on any atom is 0.326 e. The van der Waals surface area contributed by atoms with Gasteiger partial charge in [-0.25, -0.2) is 4.79 Å². The fourth-order valence-electron chi connectivity index (χ4n) is 3.57. The number of hydrogen-bond donors (Lipinski definition) is 8. The summed E-state index contributed by atoms with van der Waals surface area (Å²) in [6, 6.07) is 1.19. The van der Waals surface area contributed by atoms with Crippen LogP contribution in [0.4, 0.5) is 0 Å². The first-order valence-electron chi connectivity index (χ1n) is 12.6. The number of carboxylic acid groups (broad SMARTS) is 2. The number of aliphatic carboxylic acids is 2. The topological polar surface area (TPSA) is 234 Å². The summed E-state index contributed by atoms with van der Waals surface area (Å²) in [5.41, 5.74) is 11.9. The Labute approximate surface area is 231 Å². The van der Waals surface area contributed by atoms with Crippen LogP contribution in [-0.4, -0.2) is 87.7 Å². The van der Waals surface area contributed by atoms with E-state index in [4.69, 9.17) is 16.6 Å². The molecule has 14 heteroatoms. The second kappa shape index (κ2) is 18.0. The molecule has 39 heavy (non-hydrogen) atoms. The van der Waals surface area contributed by atoms with Crippen LogP contribution in [0.25, 0.3) is 0 Å². The Bertz CT molecular complexity index is 962. The van der Waals surface area contributed by atoms with E-state index >= 15 is 0 Å². The highest BCUT2D eigenvalue weighted by molar-refractivity contribution is 7.98. The normalized spacial score (nSPS) is 13.9. The first kappa shape index (κ1) is 33.7. The number of phenols is 1. The number of nitrogens with one attached hydrogen (secondary N) is 3. The van der Waals surface area contributed by atoms with Gasteiger partial charge < -0.3 is 42.7 Å². The van der Waals surface area contributed by atoms with Gasteiger partial charge in [-0.1, -0.05) is 18.6 Å². The number of carbonyl (C=O) groups is 5. The number of phenolic OH excluding ortho intramolecular Hbond substituents is 1. The predicted octanol–water partition coefficient (Wildman–Crippen LogP) is -0.452. The molecule has 4 atom stereocenters. The number of thioether (sulfide) groups is 1. The van der Waals surface area contributed by atoms with E-state index in [-0.39, 0.29) is 25.0 Å². The van der Waals surface area contributed by atoms with Gasteiger partial charge in [0.25, 0.3) is 0 Å². The van der Waals surface area contributed by atoms with Crippen molar-refractivity contribution in [3.8, 4) is 5.75 Å². The molecule has 0 saturated heterocycles. The quantitative estimate of drug-likeness (QED) is 0.0993. The van der Waals surface area contributed by atoms with Crippen molar-refractivity contribution in [2.45, 2.75) is 69.1 Å². The lowest BCUT2D eigenvalue weighted by Crippen LogP contribution is -2.57. The molecule has 1 aromatic carbocycles. The smallest absolute Gasteiger partial charge is 0.326 e. The maximum absolute atomic E-state index is 13.1. The van der Waals surface area contributed by atoms with Crippen molar-refractivity contribution < 1.29 is 39.3 Å². The molecular formula is C25H39N5O8S. The van der Waals surface area contributed by atoms with Crippen LogP contribution in [0.2, 0.25) is 0 Å². The van der Waals surface area contributed by atoms with Gasteiger partial charge in [-0.15, -0.1) is 0 Å². The summed E-state index contributed by atoms with van der Waals surface area (Å²) >= 11 is 1.41. The zero-order valence-corrected chi connectivity index (χ0v) is 22.7. The molecule has 10 N–H and O–H groups in total. The van der Waals surface area contributed by atoms with E-state index in [0.29, 0.717) is 37.1 Å². The van der Waals surface area contributed by atoms with Crippen LogP contribution in [0.3, 0.4) is 0 Å². The molecule has 0 aromatic heterocycles. The lowest BCUT2D eigenvalue weighted by atomic mass is 10.0. The number of rotatable bonds is 19. The van der Waals surface area contributed by atoms with Crippen molar-refractivity contribution in [1.82, 2.24) is 16.0 Å². The number of amides is 3. The van der Waals surface area contributed by atoms with E-state index in [9.17, 15) is 34.2 Å². The predicted molar refractivity (Wildman–Crippen MR) is 146 cm³/mol. The van der Waals surface area contributed by atoms with Crippen LogP contribution in [-0.2, 0) is 30.4 Å². The van der Waals surface area contributed by atoms with Crippen LogP contribution >= 0.6 is 11.8 Å². The average molecular weight is 570 g/mol. The van der Waals surface area contributed by atoms with E-state index in [0.717, 1.165) is 0 Å². The van der Waals surface area contributed by atoms with Crippen LogP contribution in [0, 0.1) is 0 Å². The van der Waals surface area contributed by atoms with Gasteiger partial charge in [0.1, 0.15) is 23.9 Å². The van der Waals surface area contributed by atoms with Crippen LogP contribution in [0.1, 0.15) is 44.1 Å². The summed E-state index contributed by atoms with van der Waals surface area (Å²) in [4.78, 5) is 61.6. The lowest BCUT2D eigenvalue weighted by molar-refractivity contribution is -0.142. The number of unbranched alkanes of at least 4 members (excludes halogenated alkanes) is 1. The van der Waals surface area contributed by atoms with Gasteiger partial charge in [-0.05, 0) is 61.9 Å². The molecule has 0 aliphatic heterocycles. The Kier molecular flexibility index (Phi) is 15.6. The van der Waals surface area contributed by atoms with E-state index in [1.165, 1.54) is 36.0 Å². The van der Waals surface area contributed by atoms with Crippen molar-refractivity contribution in [3.63, 3.8) is 0 Å². The van der Waals surface area contributed by atoms with Crippen LogP contribution in [0.5, 0.6) is 5.75 Å². The van der Waals surface area contributed by atoms with Gasteiger partial charge in [-0.3, -0.25) is 19.2 Å². The third-order valence-corrected chi connectivity index (χ3v) is 6.46. The summed E-state index contributed by atoms with van der Waals surface area (Å²) in [5.74, 6) is -4.17. The largest absolute Gasteiger partial charge is 0.508 e. The van der Waals surface area contributed by atoms with Gasteiger partial charge in [0, 0.05) is 12.8 Å². The molecule has 0 fully saturated rings. The maximum atomic E-state index is 13.1. The highest BCUT2D eigenvalue weighted by atomic mass is 32.2. The number of benzene rings is 1. The van der Waals surface area contributed by atoms with Crippen molar-refractivity contribution in [2.24, 2.45) is 11.5 Å². The zero-order valence-electron chi connectivity index (χ0n) is 21.9. The number of carbonyl (C=O) groups excluding carboxylic acids is 3. The highest BCUT2D eigenvalue weighted by Gasteiger charge is 2.30. The minimum atomic E-state index is -1.32. The van der Waals surface area contributed by atoms with E-state index in [1.54, 1.807) is 6.26 Å².